The molecule has 2 aromatic rings. The highest BCUT2D eigenvalue weighted by molar-refractivity contribution is 6.32. The van der Waals surface area contributed by atoms with Gasteiger partial charge in [-0.15, -0.1) is 0 Å². The first-order chi connectivity index (χ1) is 9.84. The SMILES string of the molecule is Clc1cncnc1N1CCCC(c2ccccc2)CC1. The van der Waals surface area contributed by atoms with Crippen LogP contribution in [0.2, 0.25) is 5.02 Å². The number of halogens is 1. The zero-order valence-corrected chi connectivity index (χ0v) is 12.1. The van der Waals surface area contributed by atoms with Crippen molar-refractivity contribution in [1.82, 2.24) is 9.97 Å². The molecule has 1 saturated heterocycles. The van der Waals surface area contributed by atoms with Crippen LogP contribution >= 0.6 is 11.6 Å². The van der Waals surface area contributed by atoms with E-state index in [2.05, 4.69) is 45.2 Å². The number of anilines is 1. The van der Waals surface area contributed by atoms with Crippen molar-refractivity contribution in [2.45, 2.75) is 25.2 Å². The fraction of sp³-hybridized carbons (Fsp3) is 0.375. The normalized spacial score (nSPS) is 19.6. The predicted molar refractivity (Wildman–Crippen MR) is 82.3 cm³/mol. The van der Waals surface area contributed by atoms with Crippen molar-refractivity contribution in [2.24, 2.45) is 0 Å². The molecule has 3 nitrogen and oxygen atoms in total. The number of rotatable bonds is 2. The molecule has 0 aliphatic carbocycles. The molecule has 1 aromatic carbocycles. The average molecular weight is 288 g/mol. The van der Waals surface area contributed by atoms with Gasteiger partial charge in [0.25, 0.3) is 0 Å². The van der Waals surface area contributed by atoms with Gasteiger partial charge in [0.15, 0.2) is 5.82 Å². The zero-order valence-electron chi connectivity index (χ0n) is 11.4. The van der Waals surface area contributed by atoms with E-state index in [0.29, 0.717) is 10.9 Å². The van der Waals surface area contributed by atoms with Crippen LogP contribution in [0.1, 0.15) is 30.7 Å². The summed E-state index contributed by atoms with van der Waals surface area (Å²) in [6.07, 6.45) is 6.78. The zero-order chi connectivity index (χ0) is 13.8. The van der Waals surface area contributed by atoms with Gasteiger partial charge in [-0.1, -0.05) is 41.9 Å². The molecule has 1 unspecified atom stereocenters. The van der Waals surface area contributed by atoms with E-state index in [1.54, 1.807) is 12.5 Å². The van der Waals surface area contributed by atoms with Crippen LogP contribution in [0.25, 0.3) is 0 Å². The predicted octanol–water partition coefficient (Wildman–Crippen LogP) is 3.90. The molecule has 0 bridgehead atoms. The number of hydrogen-bond acceptors (Lipinski definition) is 3. The van der Waals surface area contributed by atoms with E-state index in [1.807, 2.05) is 0 Å². The van der Waals surface area contributed by atoms with E-state index in [-0.39, 0.29) is 0 Å². The van der Waals surface area contributed by atoms with Crippen molar-refractivity contribution in [3.05, 3.63) is 53.4 Å². The molecule has 1 aliphatic heterocycles. The first kappa shape index (κ1) is 13.4. The molecule has 1 fully saturated rings. The highest BCUT2D eigenvalue weighted by Gasteiger charge is 2.20. The van der Waals surface area contributed by atoms with Gasteiger partial charge in [0.1, 0.15) is 11.3 Å². The number of hydrogen-bond donors (Lipinski definition) is 0. The lowest BCUT2D eigenvalue weighted by molar-refractivity contribution is 0.612. The van der Waals surface area contributed by atoms with Crippen molar-refractivity contribution >= 4 is 17.4 Å². The van der Waals surface area contributed by atoms with Crippen molar-refractivity contribution < 1.29 is 0 Å². The van der Waals surface area contributed by atoms with E-state index in [9.17, 15) is 0 Å². The number of aromatic nitrogens is 2. The molecule has 0 N–H and O–H groups in total. The van der Waals surface area contributed by atoms with E-state index >= 15 is 0 Å². The highest BCUT2D eigenvalue weighted by atomic mass is 35.5. The Morgan fingerprint density at radius 2 is 1.95 bits per heavy atom. The summed E-state index contributed by atoms with van der Waals surface area (Å²) in [6, 6.07) is 10.8. The minimum Gasteiger partial charge on any atom is -0.355 e. The molecule has 0 spiro atoms. The number of nitrogens with zero attached hydrogens (tertiary/aromatic N) is 3. The molecule has 4 heteroatoms. The van der Waals surface area contributed by atoms with Crippen LogP contribution in [0, 0.1) is 0 Å². The van der Waals surface area contributed by atoms with Crippen LogP contribution in [0.3, 0.4) is 0 Å². The summed E-state index contributed by atoms with van der Waals surface area (Å²) in [5.41, 5.74) is 1.45. The molecular weight excluding hydrogens is 270 g/mol. The molecule has 1 aromatic heterocycles. The molecular formula is C16H18ClN3. The van der Waals surface area contributed by atoms with Gasteiger partial charge in [0.05, 0.1) is 6.20 Å². The second-order valence-electron chi connectivity index (χ2n) is 5.22. The van der Waals surface area contributed by atoms with E-state index in [0.717, 1.165) is 25.3 Å². The van der Waals surface area contributed by atoms with Gasteiger partial charge in [-0.2, -0.15) is 0 Å². The Bertz CT molecular complexity index is 559. The molecule has 2 heterocycles. The molecule has 0 amide bonds. The third kappa shape index (κ3) is 2.93. The Morgan fingerprint density at radius 3 is 2.75 bits per heavy atom. The summed E-state index contributed by atoms with van der Waals surface area (Å²) < 4.78 is 0. The van der Waals surface area contributed by atoms with Crippen LogP contribution in [0.4, 0.5) is 5.82 Å². The maximum Gasteiger partial charge on any atom is 0.150 e. The van der Waals surface area contributed by atoms with Crippen molar-refractivity contribution in [2.75, 3.05) is 18.0 Å². The van der Waals surface area contributed by atoms with Gasteiger partial charge in [0, 0.05) is 13.1 Å². The minimum absolute atomic E-state index is 0.641. The Hall–Kier alpha value is -1.61. The third-order valence-corrected chi connectivity index (χ3v) is 4.21. The Morgan fingerprint density at radius 1 is 1.10 bits per heavy atom. The van der Waals surface area contributed by atoms with Crippen molar-refractivity contribution in [3.8, 4) is 0 Å². The Balaban J connectivity index is 1.73. The standard InChI is InChI=1S/C16H18ClN3/c17-15-11-18-12-19-16(15)20-9-4-7-14(8-10-20)13-5-2-1-3-6-13/h1-3,5-6,11-12,14H,4,7-10H2. The van der Waals surface area contributed by atoms with Gasteiger partial charge in [-0.3, -0.25) is 0 Å². The lowest BCUT2D eigenvalue weighted by Crippen LogP contribution is -2.25. The average Bonchev–Trinajstić information content (AvgIpc) is 2.75. The fourth-order valence-electron chi connectivity index (χ4n) is 2.91. The largest absolute Gasteiger partial charge is 0.355 e. The summed E-state index contributed by atoms with van der Waals surface area (Å²) in [6.45, 7) is 2.01. The van der Waals surface area contributed by atoms with Crippen LogP contribution in [0.15, 0.2) is 42.9 Å². The topological polar surface area (TPSA) is 29.0 Å². The van der Waals surface area contributed by atoms with Gasteiger partial charge >= 0.3 is 0 Å². The van der Waals surface area contributed by atoms with Gasteiger partial charge < -0.3 is 4.90 Å². The summed E-state index contributed by atoms with van der Waals surface area (Å²) >= 11 is 6.20. The first-order valence-corrected chi connectivity index (χ1v) is 7.48. The summed E-state index contributed by atoms with van der Waals surface area (Å²) in [5, 5.41) is 0.644. The molecule has 104 valence electrons. The molecule has 20 heavy (non-hydrogen) atoms. The highest BCUT2D eigenvalue weighted by Crippen LogP contribution is 2.31. The maximum atomic E-state index is 6.20. The Kier molecular flexibility index (Phi) is 4.16. The molecule has 1 atom stereocenters. The molecule has 3 rings (SSSR count). The lowest BCUT2D eigenvalue weighted by Gasteiger charge is -2.22. The third-order valence-electron chi connectivity index (χ3n) is 3.95. The van der Waals surface area contributed by atoms with Crippen LogP contribution in [0.5, 0.6) is 0 Å². The Labute approximate surface area is 124 Å². The van der Waals surface area contributed by atoms with Gasteiger partial charge in [0.2, 0.25) is 0 Å². The van der Waals surface area contributed by atoms with Gasteiger partial charge in [-0.05, 0) is 30.7 Å². The quantitative estimate of drug-likeness (QED) is 0.839. The lowest BCUT2D eigenvalue weighted by atomic mass is 9.92. The van der Waals surface area contributed by atoms with Crippen molar-refractivity contribution in [3.63, 3.8) is 0 Å². The fourth-order valence-corrected chi connectivity index (χ4v) is 3.13. The summed E-state index contributed by atoms with van der Waals surface area (Å²) in [7, 11) is 0. The summed E-state index contributed by atoms with van der Waals surface area (Å²) in [5.74, 6) is 1.51. The second-order valence-corrected chi connectivity index (χ2v) is 5.63. The van der Waals surface area contributed by atoms with E-state index < -0.39 is 0 Å². The number of benzene rings is 1. The minimum atomic E-state index is 0.641. The molecule has 0 radical (unpaired) electrons. The van der Waals surface area contributed by atoms with E-state index in [4.69, 9.17) is 11.6 Å². The summed E-state index contributed by atoms with van der Waals surface area (Å²) in [4.78, 5) is 10.6. The molecule has 1 aliphatic rings. The van der Waals surface area contributed by atoms with Crippen LogP contribution in [-0.2, 0) is 0 Å². The maximum absolute atomic E-state index is 6.20. The smallest absolute Gasteiger partial charge is 0.150 e. The van der Waals surface area contributed by atoms with Crippen LogP contribution < -0.4 is 4.90 Å². The monoisotopic (exact) mass is 287 g/mol. The molecule has 0 saturated carbocycles. The van der Waals surface area contributed by atoms with E-state index in [1.165, 1.54) is 18.4 Å². The first-order valence-electron chi connectivity index (χ1n) is 7.10. The van der Waals surface area contributed by atoms with Crippen molar-refractivity contribution in [1.29, 1.82) is 0 Å². The van der Waals surface area contributed by atoms with Gasteiger partial charge in [-0.25, -0.2) is 9.97 Å². The second kappa shape index (κ2) is 6.23. The van der Waals surface area contributed by atoms with Crippen LogP contribution in [-0.4, -0.2) is 23.1 Å².